The summed E-state index contributed by atoms with van der Waals surface area (Å²) in [5.74, 6) is -2.40. The van der Waals surface area contributed by atoms with Crippen LogP contribution in [0.15, 0.2) is 46.7 Å². The average Bonchev–Trinajstić information content (AvgIpc) is 3.28. The standard InChI is InChI=1S/C25H33N5O6/c1-5-35-22(32)10-9-19(25(34)36-6-2)30-21(31)14-28-24(33)23(15(3)26)16(4)29-18-8-7-17-11-12-27-20(17)13-18/h7-8,11-13,19,27H,5-6,9-10,14,26H2,1-4H3,(H,28,33)(H,30,31)/b23-15+,29-16?. The first-order valence-electron chi connectivity index (χ1n) is 11.6. The Hall–Kier alpha value is -4.15. The summed E-state index contributed by atoms with van der Waals surface area (Å²) < 4.78 is 9.82. The fourth-order valence-corrected chi connectivity index (χ4v) is 3.47. The van der Waals surface area contributed by atoms with Gasteiger partial charge in [-0.2, -0.15) is 0 Å². The van der Waals surface area contributed by atoms with Crippen LogP contribution in [-0.4, -0.2) is 60.2 Å². The van der Waals surface area contributed by atoms with Crippen LogP contribution in [0.1, 0.15) is 40.5 Å². The molecule has 1 aromatic carbocycles. The molecule has 1 aromatic heterocycles. The number of rotatable bonds is 12. The zero-order valence-electron chi connectivity index (χ0n) is 21.0. The number of aromatic nitrogens is 1. The summed E-state index contributed by atoms with van der Waals surface area (Å²) in [4.78, 5) is 56.7. The van der Waals surface area contributed by atoms with Crippen LogP contribution in [0.2, 0.25) is 0 Å². The molecule has 0 aliphatic carbocycles. The zero-order chi connectivity index (χ0) is 26.7. The van der Waals surface area contributed by atoms with E-state index in [1.165, 1.54) is 0 Å². The summed E-state index contributed by atoms with van der Waals surface area (Å²) in [7, 11) is 0. The number of benzene rings is 1. The van der Waals surface area contributed by atoms with Gasteiger partial charge >= 0.3 is 11.9 Å². The molecule has 0 aliphatic rings. The molecule has 2 aromatic rings. The Labute approximate surface area is 209 Å². The Bertz CT molecular complexity index is 1160. The summed E-state index contributed by atoms with van der Waals surface area (Å²) in [6.45, 7) is 6.41. The number of aromatic amines is 1. The maximum absolute atomic E-state index is 12.8. The first-order valence-corrected chi connectivity index (χ1v) is 11.6. The van der Waals surface area contributed by atoms with Crippen molar-refractivity contribution in [3.8, 4) is 0 Å². The Kier molecular flexibility index (Phi) is 10.7. The number of allylic oxidation sites excluding steroid dienone is 1. The van der Waals surface area contributed by atoms with E-state index in [9.17, 15) is 19.2 Å². The van der Waals surface area contributed by atoms with Crippen LogP contribution in [0.25, 0.3) is 10.9 Å². The first kappa shape index (κ1) is 28.1. The summed E-state index contributed by atoms with van der Waals surface area (Å²) in [5, 5.41) is 6.02. The fraction of sp³-hybridized carbons (Fsp3) is 0.400. The smallest absolute Gasteiger partial charge is 0.328 e. The van der Waals surface area contributed by atoms with Crippen LogP contribution in [0.5, 0.6) is 0 Å². The molecule has 0 aliphatic heterocycles. The molecule has 0 radical (unpaired) electrons. The molecule has 2 amide bonds. The molecule has 36 heavy (non-hydrogen) atoms. The second kappa shape index (κ2) is 13.7. The molecule has 1 atom stereocenters. The number of hydrogen-bond acceptors (Lipinski definition) is 8. The fourth-order valence-electron chi connectivity index (χ4n) is 3.47. The van der Waals surface area contributed by atoms with Crippen molar-refractivity contribution in [1.29, 1.82) is 0 Å². The summed E-state index contributed by atoms with van der Waals surface area (Å²) >= 11 is 0. The van der Waals surface area contributed by atoms with E-state index in [2.05, 4.69) is 20.6 Å². The summed E-state index contributed by atoms with van der Waals surface area (Å²) in [6, 6.07) is 6.45. The lowest BCUT2D eigenvalue weighted by Gasteiger charge is -2.17. The molecule has 11 heteroatoms. The van der Waals surface area contributed by atoms with Gasteiger partial charge in [0.15, 0.2) is 0 Å². The number of fused-ring (bicyclic) bond motifs is 1. The Morgan fingerprint density at radius 3 is 2.47 bits per heavy atom. The maximum Gasteiger partial charge on any atom is 0.328 e. The molecular formula is C25H33N5O6. The number of nitrogens with two attached hydrogens (primary N) is 1. The van der Waals surface area contributed by atoms with E-state index in [1.807, 2.05) is 30.5 Å². The largest absolute Gasteiger partial charge is 0.466 e. The van der Waals surface area contributed by atoms with Gasteiger partial charge in [0.05, 0.1) is 36.7 Å². The average molecular weight is 500 g/mol. The molecule has 2 rings (SSSR count). The van der Waals surface area contributed by atoms with Gasteiger partial charge in [-0.25, -0.2) is 4.79 Å². The lowest BCUT2D eigenvalue weighted by atomic mass is 10.1. The van der Waals surface area contributed by atoms with Gasteiger partial charge in [0.1, 0.15) is 6.04 Å². The lowest BCUT2D eigenvalue weighted by molar-refractivity contribution is -0.148. The van der Waals surface area contributed by atoms with Gasteiger partial charge < -0.3 is 30.8 Å². The summed E-state index contributed by atoms with van der Waals surface area (Å²) in [5.41, 5.74) is 8.22. The highest BCUT2D eigenvalue weighted by Crippen LogP contribution is 2.21. The summed E-state index contributed by atoms with van der Waals surface area (Å²) in [6.07, 6.45) is 1.75. The Morgan fingerprint density at radius 2 is 1.81 bits per heavy atom. The van der Waals surface area contributed by atoms with Crippen LogP contribution in [0.3, 0.4) is 0 Å². The van der Waals surface area contributed by atoms with Gasteiger partial charge in [-0.1, -0.05) is 6.07 Å². The molecule has 1 heterocycles. The number of amides is 2. The van der Waals surface area contributed by atoms with Crippen molar-refractivity contribution >= 4 is 46.1 Å². The van der Waals surface area contributed by atoms with Crippen LogP contribution >= 0.6 is 0 Å². The van der Waals surface area contributed by atoms with Crippen LogP contribution < -0.4 is 16.4 Å². The number of ether oxygens (including phenoxy) is 2. The second-order valence-corrected chi connectivity index (χ2v) is 7.90. The third-order valence-corrected chi connectivity index (χ3v) is 5.08. The quantitative estimate of drug-likeness (QED) is 0.197. The van der Waals surface area contributed by atoms with Gasteiger partial charge in [-0.15, -0.1) is 0 Å². The molecule has 194 valence electrons. The Morgan fingerprint density at radius 1 is 1.08 bits per heavy atom. The number of carbonyl (C=O) groups is 4. The minimum absolute atomic E-state index is 0.00132. The van der Waals surface area contributed by atoms with Gasteiger partial charge in [-0.05, 0) is 57.7 Å². The highest BCUT2D eigenvalue weighted by atomic mass is 16.5. The minimum Gasteiger partial charge on any atom is -0.466 e. The van der Waals surface area contributed by atoms with E-state index in [-0.39, 0.29) is 37.3 Å². The highest BCUT2D eigenvalue weighted by molar-refractivity contribution is 6.22. The van der Waals surface area contributed by atoms with E-state index in [0.717, 1.165) is 10.9 Å². The van der Waals surface area contributed by atoms with Crippen molar-refractivity contribution in [2.75, 3.05) is 19.8 Å². The van der Waals surface area contributed by atoms with Crippen molar-refractivity contribution in [1.82, 2.24) is 15.6 Å². The molecule has 0 saturated carbocycles. The number of esters is 2. The molecule has 0 fully saturated rings. The first-order chi connectivity index (χ1) is 17.2. The Balaban J connectivity index is 2.03. The molecule has 0 spiro atoms. The van der Waals surface area contributed by atoms with Gasteiger partial charge in [0, 0.05) is 23.8 Å². The number of aliphatic imine (C=N–C) groups is 1. The molecule has 5 N–H and O–H groups in total. The third-order valence-electron chi connectivity index (χ3n) is 5.08. The molecular weight excluding hydrogens is 466 g/mol. The highest BCUT2D eigenvalue weighted by Gasteiger charge is 2.24. The van der Waals surface area contributed by atoms with E-state index in [0.29, 0.717) is 11.4 Å². The number of H-pyrrole nitrogens is 1. The monoisotopic (exact) mass is 499 g/mol. The van der Waals surface area contributed by atoms with E-state index >= 15 is 0 Å². The predicted molar refractivity (Wildman–Crippen MR) is 135 cm³/mol. The van der Waals surface area contributed by atoms with E-state index < -0.39 is 36.3 Å². The number of nitrogens with one attached hydrogen (secondary N) is 3. The zero-order valence-corrected chi connectivity index (χ0v) is 21.0. The second-order valence-electron chi connectivity index (χ2n) is 7.90. The molecule has 1 unspecified atom stereocenters. The van der Waals surface area contributed by atoms with Crippen LogP contribution in [0, 0.1) is 0 Å². The van der Waals surface area contributed by atoms with E-state index in [1.54, 1.807) is 27.7 Å². The molecule has 0 saturated heterocycles. The van der Waals surface area contributed by atoms with Crippen LogP contribution in [0.4, 0.5) is 5.69 Å². The molecule has 0 bridgehead atoms. The van der Waals surface area contributed by atoms with Crippen molar-refractivity contribution in [3.05, 3.63) is 41.7 Å². The van der Waals surface area contributed by atoms with Crippen LogP contribution in [-0.2, 0) is 28.7 Å². The topological polar surface area (TPSA) is 165 Å². The third kappa shape index (κ3) is 8.26. The predicted octanol–water partition coefficient (Wildman–Crippen LogP) is 2.00. The van der Waals surface area contributed by atoms with Gasteiger partial charge in [0.2, 0.25) is 5.91 Å². The normalized spacial score (nSPS) is 12.9. The maximum atomic E-state index is 12.8. The van der Waals surface area contributed by atoms with Crippen molar-refractivity contribution < 1.29 is 28.7 Å². The lowest BCUT2D eigenvalue weighted by Crippen LogP contribution is -2.47. The van der Waals surface area contributed by atoms with Crippen molar-refractivity contribution in [3.63, 3.8) is 0 Å². The van der Waals surface area contributed by atoms with Crippen molar-refractivity contribution in [2.24, 2.45) is 10.7 Å². The van der Waals surface area contributed by atoms with Gasteiger partial charge in [0.25, 0.3) is 5.91 Å². The van der Waals surface area contributed by atoms with E-state index in [4.69, 9.17) is 15.2 Å². The number of nitrogens with zero attached hydrogens (tertiary/aromatic N) is 1. The minimum atomic E-state index is -1.06. The SMILES string of the molecule is CCOC(=O)CCC(NC(=O)CNC(=O)/C(C(C)=Nc1ccc2cc[nH]c2c1)=C(\C)N)C(=O)OCC. The number of carbonyl (C=O) groups excluding carboxylic acids is 4. The molecule has 11 nitrogen and oxygen atoms in total. The van der Waals surface area contributed by atoms with Crippen molar-refractivity contribution in [2.45, 2.75) is 46.6 Å². The number of hydrogen-bond donors (Lipinski definition) is 4. The van der Waals surface area contributed by atoms with Gasteiger partial charge in [-0.3, -0.25) is 19.4 Å².